The molecule has 0 aromatic heterocycles. The van der Waals surface area contributed by atoms with Crippen molar-refractivity contribution in [3.63, 3.8) is 0 Å². The van der Waals surface area contributed by atoms with E-state index in [1.165, 1.54) is 12.8 Å². The lowest BCUT2D eigenvalue weighted by Crippen LogP contribution is -2.35. The molecule has 1 aliphatic rings. The number of aliphatic hydroxyl groups excluding tert-OH is 1. The van der Waals surface area contributed by atoms with Gasteiger partial charge >= 0.3 is 0 Å². The monoisotopic (exact) mass is 171 g/mol. The van der Waals surface area contributed by atoms with Gasteiger partial charge in [-0.2, -0.15) is 0 Å². The van der Waals surface area contributed by atoms with E-state index in [1.54, 1.807) is 0 Å². The van der Waals surface area contributed by atoms with Crippen molar-refractivity contribution in [1.29, 1.82) is 0 Å². The minimum Gasteiger partial charge on any atom is -0.396 e. The van der Waals surface area contributed by atoms with E-state index in [0.717, 1.165) is 19.5 Å². The van der Waals surface area contributed by atoms with Gasteiger partial charge in [0.2, 0.25) is 0 Å². The van der Waals surface area contributed by atoms with Gasteiger partial charge in [0.05, 0.1) is 6.61 Å². The summed E-state index contributed by atoms with van der Waals surface area (Å²) < 4.78 is 0. The summed E-state index contributed by atoms with van der Waals surface area (Å²) in [6, 6.07) is 0. The first-order valence-electron chi connectivity index (χ1n) is 5.07. The average Bonchev–Trinajstić information content (AvgIpc) is 2.54. The van der Waals surface area contributed by atoms with Crippen LogP contribution in [0.15, 0.2) is 0 Å². The quantitative estimate of drug-likeness (QED) is 0.670. The summed E-state index contributed by atoms with van der Waals surface area (Å²) in [6.07, 6.45) is 3.61. The minimum absolute atomic E-state index is 0.190. The third-order valence-electron chi connectivity index (χ3n) is 3.36. The summed E-state index contributed by atoms with van der Waals surface area (Å²) in [6.45, 7) is 6.91. The van der Waals surface area contributed by atoms with Crippen molar-refractivity contribution in [1.82, 2.24) is 5.32 Å². The second-order valence-corrected chi connectivity index (χ2v) is 4.14. The highest BCUT2D eigenvalue weighted by molar-refractivity contribution is 4.90. The summed E-state index contributed by atoms with van der Waals surface area (Å²) in [5.41, 5.74) is 0.190. The van der Waals surface area contributed by atoms with Crippen LogP contribution in [-0.2, 0) is 0 Å². The first-order chi connectivity index (χ1) is 5.75. The van der Waals surface area contributed by atoms with Gasteiger partial charge < -0.3 is 10.4 Å². The van der Waals surface area contributed by atoms with Gasteiger partial charge in [-0.1, -0.05) is 26.7 Å². The maximum atomic E-state index is 9.37. The molecule has 1 rings (SSSR count). The first kappa shape index (κ1) is 10.0. The number of hydrogen-bond acceptors (Lipinski definition) is 2. The number of nitrogens with one attached hydrogen (secondary N) is 1. The van der Waals surface area contributed by atoms with Crippen molar-refractivity contribution in [2.75, 3.05) is 19.7 Å². The van der Waals surface area contributed by atoms with Crippen LogP contribution in [0.25, 0.3) is 0 Å². The van der Waals surface area contributed by atoms with Gasteiger partial charge in [-0.15, -0.1) is 0 Å². The van der Waals surface area contributed by atoms with Gasteiger partial charge in [-0.05, 0) is 18.9 Å². The molecule has 0 aromatic carbocycles. The molecule has 0 bridgehead atoms. The van der Waals surface area contributed by atoms with Gasteiger partial charge in [-0.25, -0.2) is 0 Å². The van der Waals surface area contributed by atoms with Crippen LogP contribution >= 0.6 is 0 Å². The zero-order chi connectivity index (χ0) is 9.03. The summed E-state index contributed by atoms with van der Waals surface area (Å²) in [7, 11) is 0. The SMILES string of the molecule is CCCC(C)C1(CO)CCNC1. The molecule has 0 spiro atoms. The van der Waals surface area contributed by atoms with Gasteiger partial charge in [0.1, 0.15) is 0 Å². The smallest absolute Gasteiger partial charge is 0.0502 e. The molecule has 2 N–H and O–H groups in total. The van der Waals surface area contributed by atoms with E-state index in [9.17, 15) is 5.11 Å². The summed E-state index contributed by atoms with van der Waals surface area (Å²) in [5, 5.41) is 12.7. The van der Waals surface area contributed by atoms with Crippen LogP contribution in [0, 0.1) is 11.3 Å². The Labute approximate surface area is 75.4 Å². The Kier molecular flexibility index (Phi) is 3.53. The minimum atomic E-state index is 0.190. The largest absolute Gasteiger partial charge is 0.396 e. The third-order valence-corrected chi connectivity index (χ3v) is 3.36. The fourth-order valence-electron chi connectivity index (χ4n) is 2.21. The van der Waals surface area contributed by atoms with Gasteiger partial charge in [0.25, 0.3) is 0 Å². The van der Waals surface area contributed by atoms with Crippen molar-refractivity contribution in [3.05, 3.63) is 0 Å². The molecule has 0 radical (unpaired) electrons. The van der Waals surface area contributed by atoms with Gasteiger partial charge in [0.15, 0.2) is 0 Å². The predicted molar refractivity (Wildman–Crippen MR) is 51.1 cm³/mol. The standard InChI is InChI=1S/C10H21NO/c1-3-4-9(2)10(8-12)5-6-11-7-10/h9,11-12H,3-8H2,1-2H3. The molecule has 0 aliphatic carbocycles. The summed E-state index contributed by atoms with van der Waals surface area (Å²) in [5.74, 6) is 0.655. The molecule has 1 fully saturated rings. The maximum Gasteiger partial charge on any atom is 0.0502 e. The van der Waals surface area contributed by atoms with Crippen molar-refractivity contribution < 1.29 is 5.11 Å². The molecule has 2 heteroatoms. The average molecular weight is 171 g/mol. The number of hydrogen-bond donors (Lipinski definition) is 2. The molecular formula is C10H21NO. The Morgan fingerprint density at radius 2 is 2.33 bits per heavy atom. The molecule has 1 heterocycles. The van der Waals surface area contributed by atoms with Gasteiger partial charge in [-0.3, -0.25) is 0 Å². The Hall–Kier alpha value is -0.0800. The second-order valence-electron chi connectivity index (χ2n) is 4.14. The molecule has 1 saturated heterocycles. The molecule has 2 unspecified atom stereocenters. The van der Waals surface area contributed by atoms with Crippen molar-refractivity contribution in [2.45, 2.75) is 33.1 Å². The Balaban J connectivity index is 2.52. The number of aliphatic hydroxyl groups is 1. The van der Waals surface area contributed by atoms with Crippen LogP contribution < -0.4 is 5.32 Å². The van der Waals surface area contributed by atoms with E-state index in [0.29, 0.717) is 12.5 Å². The lowest BCUT2D eigenvalue weighted by molar-refractivity contribution is 0.0825. The fraction of sp³-hybridized carbons (Fsp3) is 1.00. The predicted octanol–water partition coefficient (Wildman–Crippen LogP) is 1.39. The van der Waals surface area contributed by atoms with E-state index < -0.39 is 0 Å². The lowest BCUT2D eigenvalue weighted by Gasteiger charge is -2.32. The van der Waals surface area contributed by atoms with Crippen molar-refractivity contribution in [2.24, 2.45) is 11.3 Å². The van der Waals surface area contributed by atoms with Gasteiger partial charge in [0, 0.05) is 12.0 Å². The molecular weight excluding hydrogens is 150 g/mol. The molecule has 0 saturated carbocycles. The van der Waals surface area contributed by atoms with E-state index in [2.05, 4.69) is 19.2 Å². The van der Waals surface area contributed by atoms with E-state index >= 15 is 0 Å². The fourth-order valence-corrected chi connectivity index (χ4v) is 2.21. The van der Waals surface area contributed by atoms with E-state index in [-0.39, 0.29) is 5.41 Å². The highest BCUT2D eigenvalue weighted by Gasteiger charge is 2.37. The van der Waals surface area contributed by atoms with Crippen molar-refractivity contribution >= 4 is 0 Å². The normalized spacial score (nSPS) is 32.2. The van der Waals surface area contributed by atoms with E-state index in [4.69, 9.17) is 0 Å². The van der Waals surface area contributed by atoms with Crippen LogP contribution in [0.1, 0.15) is 33.1 Å². The Bertz CT molecular complexity index is 130. The van der Waals surface area contributed by atoms with Crippen LogP contribution in [-0.4, -0.2) is 24.8 Å². The lowest BCUT2D eigenvalue weighted by atomic mass is 9.74. The van der Waals surface area contributed by atoms with E-state index in [1.807, 2.05) is 0 Å². The highest BCUT2D eigenvalue weighted by Crippen LogP contribution is 2.36. The third kappa shape index (κ3) is 1.80. The molecule has 12 heavy (non-hydrogen) atoms. The zero-order valence-electron chi connectivity index (χ0n) is 8.27. The molecule has 0 amide bonds. The molecule has 2 atom stereocenters. The molecule has 1 aliphatic heterocycles. The Morgan fingerprint density at radius 1 is 1.58 bits per heavy atom. The summed E-state index contributed by atoms with van der Waals surface area (Å²) >= 11 is 0. The first-order valence-corrected chi connectivity index (χ1v) is 5.07. The zero-order valence-corrected chi connectivity index (χ0v) is 8.27. The maximum absolute atomic E-state index is 9.37. The molecule has 0 aromatic rings. The number of rotatable bonds is 4. The van der Waals surface area contributed by atoms with Crippen LogP contribution in [0.2, 0.25) is 0 Å². The van der Waals surface area contributed by atoms with Crippen LogP contribution in [0.5, 0.6) is 0 Å². The van der Waals surface area contributed by atoms with Crippen LogP contribution in [0.3, 0.4) is 0 Å². The molecule has 2 nitrogen and oxygen atoms in total. The summed E-state index contributed by atoms with van der Waals surface area (Å²) in [4.78, 5) is 0. The Morgan fingerprint density at radius 3 is 2.75 bits per heavy atom. The topological polar surface area (TPSA) is 32.3 Å². The molecule has 72 valence electrons. The van der Waals surface area contributed by atoms with Crippen molar-refractivity contribution in [3.8, 4) is 0 Å². The second kappa shape index (κ2) is 4.24. The van der Waals surface area contributed by atoms with Crippen LogP contribution in [0.4, 0.5) is 0 Å². The highest BCUT2D eigenvalue weighted by atomic mass is 16.3.